The number of anilines is 1. The highest BCUT2D eigenvalue weighted by atomic mass is 79.9. The van der Waals surface area contributed by atoms with Crippen molar-refractivity contribution in [2.24, 2.45) is 0 Å². The highest BCUT2D eigenvalue weighted by Crippen LogP contribution is 2.28. The third-order valence-electron chi connectivity index (χ3n) is 3.36. The molecule has 1 aromatic rings. The summed E-state index contributed by atoms with van der Waals surface area (Å²) in [4.78, 5) is 14.2. The van der Waals surface area contributed by atoms with Crippen LogP contribution >= 0.6 is 15.9 Å². The summed E-state index contributed by atoms with van der Waals surface area (Å²) >= 11 is 3.35. The van der Waals surface area contributed by atoms with Gasteiger partial charge in [-0.15, -0.1) is 0 Å². The predicted molar refractivity (Wildman–Crippen MR) is 74.3 cm³/mol. The number of benzene rings is 1. The molecule has 1 saturated carbocycles. The second kappa shape index (κ2) is 5.71. The molecule has 0 saturated heterocycles. The van der Waals surface area contributed by atoms with Crippen molar-refractivity contribution in [3.63, 3.8) is 0 Å². The van der Waals surface area contributed by atoms with Gasteiger partial charge in [0.1, 0.15) is 0 Å². The highest BCUT2D eigenvalue weighted by Gasteiger charge is 2.29. The van der Waals surface area contributed by atoms with Gasteiger partial charge in [0, 0.05) is 22.7 Å². The summed E-state index contributed by atoms with van der Waals surface area (Å²) < 4.78 is 0.831. The Hall–Kier alpha value is -1.07. The standard InChI is InChI=1S/C13H17BrN2O2/c14-9-4-5-12(15)11(8-9)13(18)16(6-7-17)10-2-1-3-10/h4-5,8,10,17H,1-3,6-7,15H2. The molecule has 1 aromatic carbocycles. The summed E-state index contributed by atoms with van der Waals surface area (Å²) in [6.07, 6.45) is 3.17. The van der Waals surface area contributed by atoms with Gasteiger partial charge in [-0.25, -0.2) is 0 Å². The second-order valence-electron chi connectivity index (χ2n) is 4.54. The largest absolute Gasteiger partial charge is 0.398 e. The zero-order valence-corrected chi connectivity index (χ0v) is 11.7. The van der Waals surface area contributed by atoms with Gasteiger partial charge in [0.25, 0.3) is 5.91 Å². The zero-order valence-electron chi connectivity index (χ0n) is 10.1. The van der Waals surface area contributed by atoms with Crippen molar-refractivity contribution in [3.05, 3.63) is 28.2 Å². The van der Waals surface area contributed by atoms with Gasteiger partial charge in [-0.2, -0.15) is 0 Å². The lowest BCUT2D eigenvalue weighted by Crippen LogP contribution is -2.45. The minimum Gasteiger partial charge on any atom is -0.398 e. The Morgan fingerprint density at radius 2 is 2.22 bits per heavy atom. The van der Waals surface area contributed by atoms with Gasteiger partial charge in [-0.1, -0.05) is 15.9 Å². The molecule has 18 heavy (non-hydrogen) atoms. The maximum absolute atomic E-state index is 12.5. The third-order valence-corrected chi connectivity index (χ3v) is 3.86. The van der Waals surface area contributed by atoms with Crippen molar-refractivity contribution in [2.45, 2.75) is 25.3 Å². The molecule has 1 aliphatic carbocycles. The molecule has 0 bridgehead atoms. The van der Waals surface area contributed by atoms with Crippen LogP contribution in [0, 0.1) is 0 Å². The maximum atomic E-state index is 12.5. The fourth-order valence-electron chi connectivity index (χ4n) is 2.12. The van der Waals surface area contributed by atoms with Crippen molar-refractivity contribution in [1.29, 1.82) is 0 Å². The molecular formula is C13H17BrN2O2. The molecule has 98 valence electrons. The van der Waals surface area contributed by atoms with Crippen LogP contribution in [0.2, 0.25) is 0 Å². The number of amides is 1. The van der Waals surface area contributed by atoms with E-state index in [0.29, 0.717) is 17.8 Å². The molecule has 1 amide bonds. The van der Waals surface area contributed by atoms with Crippen molar-refractivity contribution >= 4 is 27.5 Å². The highest BCUT2D eigenvalue weighted by molar-refractivity contribution is 9.10. The Kier molecular flexibility index (Phi) is 4.24. The van der Waals surface area contributed by atoms with Crippen LogP contribution in [0.1, 0.15) is 29.6 Å². The molecule has 0 aromatic heterocycles. The Balaban J connectivity index is 2.23. The number of aliphatic hydroxyl groups excluding tert-OH is 1. The first kappa shape index (κ1) is 13.4. The van der Waals surface area contributed by atoms with Crippen molar-refractivity contribution in [2.75, 3.05) is 18.9 Å². The van der Waals surface area contributed by atoms with Crippen molar-refractivity contribution < 1.29 is 9.90 Å². The van der Waals surface area contributed by atoms with E-state index in [0.717, 1.165) is 23.7 Å². The Labute approximate surface area is 115 Å². The minimum absolute atomic E-state index is 0.0177. The summed E-state index contributed by atoms with van der Waals surface area (Å²) in [6, 6.07) is 5.52. The average Bonchev–Trinajstić information content (AvgIpc) is 2.28. The first-order valence-corrected chi connectivity index (χ1v) is 6.89. The monoisotopic (exact) mass is 312 g/mol. The Bertz CT molecular complexity index is 447. The van der Waals surface area contributed by atoms with Gasteiger partial charge in [-0.05, 0) is 37.5 Å². The van der Waals surface area contributed by atoms with E-state index < -0.39 is 0 Å². The van der Waals surface area contributed by atoms with Crippen molar-refractivity contribution in [1.82, 2.24) is 4.90 Å². The van der Waals surface area contributed by atoms with E-state index in [1.54, 1.807) is 17.0 Å². The molecule has 2 rings (SSSR count). The number of aliphatic hydroxyl groups is 1. The van der Waals surface area contributed by atoms with Gasteiger partial charge < -0.3 is 15.7 Å². The molecule has 0 radical (unpaired) electrons. The molecule has 0 heterocycles. The van der Waals surface area contributed by atoms with Crippen LogP contribution in [0.4, 0.5) is 5.69 Å². The number of halogens is 1. The predicted octanol–water partition coefficient (Wildman–Crippen LogP) is 2.02. The molecule has 5 heteroatoms. The normalized spacial score (nSPS) is 15.2. The van der Waals surface area contributed by atoms with Gasteiger partial charge in [0.05, 0.1) is 12.2 Å². The zero-order chi connectivity index (χ0) is 13.1. The average molecular weight is 313 g/mol. The Morgan fingerprint density at radius 1 is 1.50 bits per heavy atom. The van der Waals surface area contributed by atoms with Gasteiger partial charge in [0.2, 0.25) is 0 Å². The van der Waals surface area contributed by atoms with E-state index >= 15 is 0 Å². The lowest BCUT2D eigenvalue weighted by Gasteiger charge is -2.37. The van der Waals surface area contributed by atoms with Crippen LogP contribution in [-0.2, 0) is 0 Å². The third kappa shape index (κ3) is 2.67. The number of carbonyl (C=O) groups is 1. The van der Waals surface area contributed by atoms with E-state index in [1.807, 2.05) is 6.07 Å². The lowest BCUT2D eigenvalue weighted by atomic mass is 9.91. The van der Waals surface area contributed by atoms with Gasteiger partial charge in [-0.3, -0.25) is 4.79 Å². The van der Waals surface area contributed by atoms with Crippen LogP contribution < -0.4 is 5.73 Å². The first-order chi connectivity index (χ1) is 8.63. The van der Waals surface area contributed by atoms with Gasteiger partial charge in [0.15, 0.2) is 0 Å². The van der Waals surface area contributed by atoms with Crippen LogP contribution in [0.15, 0.2) is 22.7 Å². The molecule has 0 atom stereocenters. The van der Waals surface area contributed by atoms with E-state index in [2.05, 4.69) is 15.9 Å². The number of rotatable bonds is 4. The number of carbonyl (C=O) groups excluding carboxylic acids is 1. The Morgan fingerprint density at radius 3 is 2.78 bits per heavy atom. The molecule has 1 fully saturated rings. The number of nitrogens with zero attached hydrogens (tertiary/aromatic N) is 1. The van der Waals surface area contributed by atoms with Crippen LogP contribution in [0.5, 0.6) is 0 Å². The lowest BCUT2D eigenvalue weighted by molar-refractivity contribution is 0.0527. The van der Waals surface area contributed by atoms with Crippen molar-refractivity contribution in [3.8, 4) is 0 Å². The summed E-state index contributed by atoms with van der Waals surface area (Å²) in [5.74, 6) is -0.0902. The smallest absolute Gasteiger partial charge is 0.256 e. The topological polar surface area (TPSA) is 66.6 Å². The second-order valence-corrected chi connectivity index (χ2v) is 5.45. The molecule has 0 spiro atoms. The van der Waals surface area contributed by atoms with E-state index in [-0.39, 0.29) is 18.6 Å². The SMILES string of the molecule is Nc1ccc(Br)cc1C(=O)N(CCO)C1CCC1. The molecule has 1 aliphatic rings. The summed E-state index contributed by atoms with van der Waals surface area (Å²) in [5, 5.41) is 9.09. The minimum atomic E-state index is -0.0902. The van der Waals surface area contributed by atoms with Crippen LogP contribution in [-0.4, -0.2) is 35.1 Å². The fourth-order valence-corrected chi connectivity index (χ4v) is 2.49. The first-order valence-electron chi connectivity index (χ1n) is 6.10. The van der Waals surface area contributed by atoms with Crippen LogP contribution in [0.25, 0.3) is 0 Å². The molecule has 3 N–H and O–H groups in total. The fraction of sp³-hybridized carbons (Fsp3) is 0.462. The number of nitrogens with two attached hydrogens (primary N) is 1. The summed E-state index contributed by atoms with van der Waals surface area (Å²) in [6.45, 7) is 0.353. The number of hydrogen-bond acceptors (Lipinski definition) is 3. The van der Waals surface area contributed by atoms with Crippen LogP contribution in [0.3, 0.4) is 0 Å². The number of hydrogen-bond donors (Lipinski definition) is 2. The summed E-state index contributed by atoms with van der Waals surface area (Å²) in [7, 11) is 0. The van der Waals surface area contributed by atoms with Gasteiger partial charge >= 0.3 is 0 Å². The summed E-state index contributed by atoms with van der Waals surface area (Å²) in [5.41, 5.74) is 6.83. The molecule has 4 nitrogen and oxygen atoms in total. The molecule has 0 unspecified atom stereocenters. The number of nitrogen functional groups attached to an aromatic ring is 1. The maximum Gasteiger partial charge on any atom is 0.256 e. The quantitative estimate of drug-likeness (QED) is 0.836. The van der Waals surface area contributed by atoms with E-state index in [1.165, 1.54) is 0 Å². The molecule has 0 aliphatic heterocycles. The molecular weight excluding hydrogens is 296 g/mol. The van der Waals surface area contributed by atoms with E-state index in [9.17, 15) is 4.79 Å². The van der Waals surface area contributed by atoms with E-state index in [4.69, 9.17) is 10.8 Å².